The van der Waals surface area contributed by atoms with Gasteiger partial charge in [0, 0.05) is 45.5 Å². The van der Waals surface area contributed by atoms with Crippen molar-refractivity contribution >= 4 is 23.1 Å². The number of piperazine rings is 1. The molecule has 2 aromatic heterocycles. The molecule has 3 heterocycles. The maximum absolute atomic E-state index is 13.4. The SMILES string of the molecule is O=C(NCCN1CCN(c2ncccc2OCc2cccc(F)c2)CC1)c1cccs1. The first kappa shape index (κ1) is 21.3. The molecule has 31 heavy (non-hydrogen) atoms. The predicted octanol–water partition coefficient (Wildman–Crippen LogP) is 3.41. The summed E-state index contributed by atoms with van der Waals surface area (Å²) in [6, 6.07) is 13.9. The van der Waals surface area contributed by atoms with E-state index in [2.05, 4.69) is 20.1 Å². The molecule has 0 bridgehead atoms. The van der Waals surface area contributed by atoms with Crippen LogP contribution in [-0.4, -0.2) is 55.1 Å². The molecular weight excluding hydrogens is 415 g/mol. The first-order chi connectivity index (χ1) is 15.2. The molecule has 1 aromatic carbocycles. The molecule has 4 rings (SSSR count). The number of hydrogen-bond acceptors (Lipinski definition) is 6. The number of rotatable bonds is 8. The second-order valence-electron chi connectivity index (χ2n) is 7.31. The Hall–Kier alpha value is -2.97. The number of aromatic nitrogens is 1. The summed E-state index contributed by atoms with van der Waals surface area (Å²) in [6.45, 7) is 5.15. The number of nitrogens with zero attached hydrogens (tertiary/aromatic N) is 3. The Labute approximate surface area is 185 Å². The highest BCUT2D eigenvalue weighted by molar-refractivity contribution is 7.12. The lowest BCUT2D eigenvalue weighted by atomic mass is 10.2. The summed E-state index contributed by atoms with van der Waals surface area (Å²) >= 11 is 1.45. The van der Waals surface area contributed by atoms with Crippen LogP contribution in [-0.2, 0) is 6.61 Å². The first-order valence-electron chi connectivity index (χ1n) is 10.3. The van der Waals surface area contributed by atoms with E-state index in [1.54, 1.807) is 12.3 Å². The molecule has 0 spiro atoms. The largest absolute Gasteiger partial charge is 0.485 e. The maximum Gasteiger partial charge on any atom is 0.261 e. The highest BCUT2D eigenvalue weighted by atomic mass is 32.1. The van der Waals surface area contributed by atoms with E-state index in [1.165, 1.54) is 23.5 Å². The van der Waals surface area contributed by atoms with Gasteiger partial charge in [-0.05, 0) is 41.3 Å². The number of pyridine rings is 1. The van der Waals surface area contributed by atoms with Crippen molar-refractivity contribution < 1.29 is 13.9 Å². The van der Waals surface area contributed by atoms with Gasteiger partial charge in [0.2, 0.25) is 0 Å². The van der Waals surface area contributed by atoms with Gasteiger partial charge >= 0.3 is 0 Å². The van der Waals surface area contributed by atoms with Gasteiger partial charge in [0.15, 0.2) is 11.6 Å². The van der Waals surface area contributed by atoms with Crippen LogP contribution in [0.25, 0.3) is 0 Å². The van der Waals surface area contributed by atoms with Crippen LogP contribution in [0.3, 0.4) is 0 Å². The van der Waals surface area contributed by atoms with Crippen LogP contribution in [0.2, 0.25) is 0 Å². The fourth-order valence-electron chi connectivity index (χ4n) is 3.53. The smallest absolute Gasteiger partial charge is 0.261 e. The van der Waals surface area contributed by atoms with Crippen LogP contribution < -0.4 is 15.0 Å². The molecule has 1 aliphatic heterocycles. The van der Waals surface area contributed by atoms with Crippen molar-refractivity contribution in [3.63, 3.8) is 0 Å². The molecule has 1 aliphatic rings. The van der Waals surface area contributed by atoms with Gasteiger partial charge in [0.25, 0.3) is 5.91 Å². The molecule has 1 fully saturated rings. The van der Waals surface area contributed by atoms with E-state index in [4.69, 9.17) is 4.74 Å². The number of anilines is 1. The third-order valence-electron chi connectivity index (χ3n) is 5.16. The van der Waals surface area contributed by atoms with Crippen molar-refractivity contribution in [3.8, 4) is 5.75 Å². The zero-order chi connectivity index (χ0) is 21.5. The van der Waals surface area contributed by atoms with Gasteiger partial charge in [0.1, 0.15) is 12.4 Å². The number of carbonyl (C=O) groups is 1. The number of amides is 1. The van der Waals surface area contributed by atoms with E-state index in [0.29, 0.717) is 18.9 Å². The topological polar surface area (TPSA) is 57.7 Å². The lowest BCUT2D eigenvalue weighted by molar-refractivity contribution is 0.0952. The minimum absolute atomic E-state index is 0.0118. The Kier molecular flexibility index (Phi) is 7.11. The molecule has 1 saturated heterocycles. The quantitative estimate of drug-likeness (QED) is 0.582. The van der Waals surface area contributed by atoms with Crippen LogP contribution in [0, 0.1) is 5.82 Å². The third-order valence-corrected chi connectivity index (χ3v) is 6.03. The molecule has 0 radical (unpaired) electrons. The monoisotopic (exact) mass is 440 g/mol. The van der Waals surface area contributed by atoms with Crippen molar-refractivity contribution in [1.29, 1.82) is 0 Å². The van der Waals surface area contributed by atoms with Crippen molar-refractivity contribution in [2.45, 2.75) is 6.61 Å². The molecule has 1 N–H and O–H groups in total. The molecule has 0 atom stereocenters. The van der Waals surface area contributed by atoms with Crippen molar-refractivity contribution in [3.05, 3.63) is 76.4 Å². The normalized spacial score (nSPS) is 14.4. The van der Waals surface area contributed by atoms with Gasteiger partial charge in [-0.25, -0.2) is 9.37 Å². The summed E-state index contributed by atoms with van der Waals surface area (Å²) < 4.78 is 19.4. The minimum Gasteiger partial charge on any atom is -0.485 e. The van der Waals surface area contributed by atoms with E-state index < -0.39 is 0 Å². The van der Waals surface area contributed by atoms with Crippen LogP contribution in [0.4, 0.5) is 10.2 Å². The van der Waals surface area contributed by atoms with Gasteiger partial charge in [-0.1, -0.05) is 18.2 Å². The fraction of sp³-hybridized carbons (Fsp3) is 0.304. The molecule has 6 nitrogen and oxygen atoms in total. The Balaban J connectivity index is 1.26. The van der Waals surface area contributed by atoms with Gasteiger partial charge in [-0.15, -0.1) is 11.3 Å². The minimum atomic E-state index is -0.268. The first-order valence-corrected chi connectivity index (χ1v) is 11.2. The average molecular weight is 441 g/mol. The van der Waals surface area contributed by atoms with Crippen molar-refractivity contribution in [2.75, 3.05) is 44.2 Å². The highest BCUT2D eigenvalue weighted by Gasteiger charge is 2.21. The molecule has 0 unspecified atom stereocenters. The molecule has 0 saturated carbocycles. The summed E-state index contributed by atoms with van der Waals surface area (Å²) in [5.41, 5.74) is 0.782. The van der Waals surface area contributed by atoms with Gasteiger partial charge in [-0.2, -0.15) is 0 Å². The summed E-state index contributed by atoms with van der Waals surface area (Å²) in [6.07, 6.45) is 1.76. The number of benzene rings is 1. The summed E-state index contributed by atoms with van der Waals surface area (Å²) in [5.74, 6) is 1.23. The molecular formula is C23H25FN4O2S. The number of halogens is 1. The van der Waals surface area contributed by atoms with Crippen LogP contribution in [0.5, 0.6) is 5.75 Å². The molecule has 0 aliphatic carbocycles. The number of carbonyl (C=O) groups excluding carboxylic acids is 1. The Morgan fingerprint density at radius 1 is 1.13 bits per heavy atom. The van der Waals surface area contributed by atoms with Gasteiger partial charge in [0.05, 0.1) is 4.88 Å². The van der Waals surface area contributed by atoms with Gasteiger partial charge < -0.3 is 15.0 Å². The van der Waals surface area contributed by atoms with E-state index in [0.717, 1.165) is 49.0 Å². The standard InChI is InChI=1S/C23H25FN4O2S/c24-19-5-1-4-18(16-19)17-30-20-6-2-8-25-22(20)28-13-11-27(12-14-28)10-9-26-23(29)21-7-3-15-31-21/h1-8,15-16H,9-14,17H2,(H,26,29). The van der Waals surface area contributed by atoms with E-state index in [9.17, 15) is 9.18 Å². The number of nitrogens with one attached hydrogen (secondary N) is 1. The second kappa shape index (κ2) is 10.4. The van der Waals surface area contributed by atoms with Crippen LogP contribution >= 0.6 is 11.3 Å². The summed E-state index contributed by atoms with van der Waals surface area (Å²) in [4.78, 5) is 21.8. The lowest BCUT2D eigenvalue weighted by Gasteiger charge is -2.35. The lowest BCUT2D eigenvalue weighted by Crippen LogP contribution is -2.48. The van der Waals surface area contributed by atoms with E-state index in [1.807, 2.05) is 35.7 Å². The van der Waals surface area contributed by atoms with Crippen LogP contribution in [0.15, 0.2) is 60.1 Å². The van der Waals surface area contributed by atoms with Crippen molar-refractivity contribution in [1.82, 2.24) is 15.2 Å². The van der Waals surface area contributed by atoms with Crippen LogP contribution in [0.1, 0.15) is 15.2 Å². The predicted molar refractivity (Wildman–Crippen MR) is 120 cm³/mol. The Bertz CT molecular complexity index is 991. The number of thiophene rings is 1. The van der Waals surface area contributed by atoms with E-state index >= 15 is 0 Å². The average Bonchev–Trinajstić information content (AvgIpc) is 3.34. The second-order valence-corrected chi connectivity index (χ2v) is 8.25. The third kappa shape index (κ3) is 5.80. The number of ether oxygens (including phenoxy) is 1. The highest BCUT2D eigenvalue weighted by Crippen LogP contribution is 2.27. The fourth-order valence-corrected chi connectivity index (χ4v) is 4.17. The molecule has 1 amide bonds. The Morgan fingerprint density at radius 3 is 2.77 bits per heavy atom. The zero-order valence-corrected chi connectivity index (χ0v) is 18.0. The van der Waals surface area contributed by atoms with Gasteiger partial charge in [-0.3, -0.25) is 9.69 Å². The van der Waals surface area contributed by atoms with Crippen molar-refractivity contribution in [2.24, 2.45) is 0 Å². The molecule has 8 heteroatoms. The van der Waals surface area contributed by atoms with E-state index in [-0.39, 0.29) is 11.7 Å². The summed E-state index contributed by atoms with van der Waals surface area (Å²) in [5, 5.41) is 4.88. The maximum atomic E-state index is 13.4. The molecule has 162 valence electrons. The zero-order valence-electron chi connectivity index (χ0n) is 17.2. The summed E-state index contributed by atoms with van der Waals surface area (Å²) in [7, 11) is 0. The Morgan fingerprint density at radius 2 is 2.00 bits per heavy atom. The molecule has 3 aromatic rings. The number of hydrogen-bond donors (Lipinski definition) is 1.